The lowest BCUT2D eigenvalue weighted by Gasteiger charge is -2.30. The number of hydrogen-bond acceptors (Lipinski definition) is 0. The maximum absolute atomic E-state index is 14.8. The molecule has 1 aliphatic carbocycles. The fourth-order valence-electron chi connectivity index (χ4n) is 4.88. The second kappa shape index (κ2) is 9.48. The van der Waals surface area contributed by atoms with Gasteiger partial charge in [-0.1, -0.05) is 61.0 Å². The Morgan fingerprint density at radius 1 is 0.839 bits per heavy atom. The highest BCUT2D eigenvalue weighted by Gasteiger charge is 2.25. The Hall–Kier alpha value is -2.26. The van der Waals surface area contributed by atoms with E-state index >= 15 is 0 Å². The Morgan fingerprint density at radius 3 is 2.10 bits per heavy atom. The Bertz CT molecular complexity index is 1020. The van der Waals surface area contributed by atoms with Gasteiger partial charge >= 0.3 is 0 Å². The quantitative estimate of drug-likeness (QED) is 0.346. The molecule has 1 atom stereocenters. The molecule has 0 nitrogen and oxygen atoms in total. The first-order valence-electron chi connectivity index (χ1n) is 10.9. The van der Waals surface area contributed by atoms with Crippen LogP contribution in [-0.2, 0) is 0 Å². The van der Waals surface area contributed by atoms with Gasteiger partial charge in [0.25, 0.3) is 0 Å². The van der Waals surface area contributed by atoms with Crippen LogP contribution in [-0.4, -0.2) is 0 Å². The number of benzene rings is 3. The van der Waals surface area contributed by atoms with Gasteiger partial charge in [-0.15, -0.1) is 0 Å². The molecule has 0 unspecified atom stereocenters. The van der Waals surface area contributed by atoms with Crippen molar-refractivity contribution in [2.75, 3.05) is 0 Å². The smallest absolute Gasteiger partial charge is 0.145 e. The molecule has 162 valence electrons. The molecule has 4 heteroatoms. The van der Waals surface area contributed by atoms with Crippen molar-refractivity contribution in [2.24, 2.45) is 5.92 Å². The van der Waals surface area contributed by atoms with E-state index in [0.29, 0.717) is 17.8 Å². The summed E-state index contributed by atoms with van der Waals surface area (Å²) in [4.78, 5) is 0. The zero-order valence-corrected chi connectivity index (χ0v) is 18.3. The molecule has 0 heterocycles. The first-order chi connectivity index (χ1) is 14.9. The van der Waals surface area contributed by atoms with E-state index in [2.05, 4.69) is 31.2 Å². The van der Waals surface area contributed by atoms with Crippen LogP contribution in [0.2, 0.25) is 5.02 Å². The van der Waals surface area contributed by atoms with Crippen molar-refractivity contribution in [2.45, 2.75) is 50.9 Å². The molecule has 0 spiro atoms. The molecule has 3 aromatic rings. The van der Waals surface area contributed by atoms with Gasteiger partial charge in [-0.05, 0) is 84.7 Å². The summed E-state index contributed by atoms with van der Waals surface area (Å²) in [5.41, 5.74) is 2.69. The van der Waals surface area contributed by atoms with Crippen LogP contribution < -0.4 is 0 Å². The SMILES string of the molecule is C[C@H](CC1CCC(c2ccc(-c3cc(F)c(Cl)c(F)c3)c(F)c2)CC1)c1ccccc1. The van der Waals surface area contributed by atoms with Crippen molar-refractivity contribution >= 4 is 11.6 Å². The molecule has 0 radical (unpaired) electrons. The van der Waals surface area contributed by atoms with Gasteiger partial charge in [0.15, 0.2) is 0 Å². The highest BCUT2D eigenvalue weighted by atomic mass is 35.5. The van der Waals surface area contributed by atoms with Crippen LogP contribution in [0.5, 0.6) is 0 Å². The lowest BCUT2D eigenvalue weighted by molar-refractivity contribution is 0.297. The normalized spacial score (nSPS) is 19.9. The lowest BCUT2D eigenvalue weighted by atomic mass is 9.75. The highest BCUT2D eigenvalue weighted by Crippen LogP contribution is 2.40. The predicted molar refractivity (Wildman–Crippen MR) is 121 cm³/mol. The lowest BCUT2D eigenvalue weighted by Crippen LogP contribution is -2.15. The van der Waals surface area contributed by atoms with Crippen LogP contribution in [0, 0.1) is 23.4 Å². The van der Waals surface area contributed by atoms with Gasteiger partial charge in [-0.3, -0.25) is 0 Å². The van der Waals surface area contributed by atoms with Crippen molar-refractivity contribution < 1.29 is 13.2 Å². The summed E-state index contributed by atoms with van der Waals surface area (Å²) in [5, 5.41) is -0.570. The highest BCUT2D eigenvalue weighted by molar-refractivity contribution is 6.31. The van der Waals surface area contributed by atoms with Gasteiger partial charge in [0.1, 0.15) is 22.5 Å². The molecule has 0 bridgehead atoms. The second-order valence-electron chi connectivity index (χ2n) is 8.76. The van der Waals surface area contributed by atoms with Gasteiger partial charge in [0.2, 0.25) is 0 Å². The standard InChI is InChI=1S/C27H26ClF3/c1-17(19-5-3-2-4-6-19)13-18-7-9-20(10-8-18)21-11-12-23(24(29)14-21)22-15-25(30)27(28)26(31)16-22/h2-6,11-12,14-18,20H,7-10,13H2,1H3/t17-,18?,20?/m1/s1. The largest absolute Gasteiger partial charge is 0.206 e. The topological polar surface area (TPSA) is 0 Å². The molecular weight excluding hydrogens is 417 g/mol. The number of halogens is 4. The molecule has 31 heavy (non-hydrogen) atoms. The average molecular weight is 443 g/mol. The van der Waals surface area contributed by atoms with Crippen molar-refractivity contribution in [3.63, 3.8) is 0 Å². The predicted octanol–water partition coefficient (Wildman–Crippen LogP) is 8.89. The fourth-order valence-corrected chi connectivity index (χ4v) is 4.99. The van der Waals surface area contributed by atoms with Crippen molar-refractivity contribution in [1.82, 2.24) is 0 Å². The molecule has 0 saturated heterocycles. The van der Waals surface area contributed by atoms with Gasteiger partial charge in [-0.25, -0.2) is 13.2 Å². The first-order valence-corrected chi connectivity index (χ1v) is 11.3. The van der Waals surface area contributed by atoms with E-state index in [1.165, 1.54) is 18.1 Å². The van der Waals surface area contributed by atoms with Gasteiger partial charge in [0, 0.05) is 5.56 Å². The van der Waals surface area contributed by atoms with Crippen LogP contribution in [0.15, 0.2) is 60.7 Å². The summed E-state index contributed by atoms with van der Waals surface area (Å²) >= 11 is 5.54. The molecule has 1 fully saturated rings. The summed E-state index contributed by atoms with van der Waals surface area (Å²) < 4.78 is 42.4. The van der Waals surface area contributed by atoms with Crippen LogP contribution in [0.4, 0.5) is 13.2 Å². The van der Waals surface area contributed by atoms with Crippen molar-refractivity contribution in [3.05, 3.63) is 94.3 Å². The maximum atomic E-state index is 14.8. The summed E-state index contributed by atoms with van der Waals surface area (Å²) in [6.45, 7) is 2.29. The Labute approximate surface area is 187 Å². The van der Waals surface area contributed by atoms with E-state index in [9.17, 15) is 13.2 Å². The monoisotopic (exact) mass is 442 g/mol. The Morgan fingerprint density at radius 2 is 1.48 bits per heavy atom. The van der Waals surface area contributed by atoms with Crippen LogP contribution in [0.1, 0.15) is 62.0 Å². The van der Waals surface area contributed by atoms with Crippen LogP contribution >= 0.6 is 11.6 Å². The molecule has 0 amide bonds. The van der Waals surface area contributed by atoms with Crippen LogP contribution in [0.3, 0.4) is 0 Å². The Kier molecular flexibility index (Phi) is 6.71. The minimum absolute atomic E-state index is 0.155. The number of hydrogen-bond donors (Lipinski definition) is 0. The van der Waals surface area contributed by atoms with Gasteiger partial charge < -0.3 is 0 Å². The average Bonchev–Trinajstić information content (AvgIpc) is 2.78. The van der Waals surface area contributed by atoms with Gasteiger partial charge in [0.05, 0.1) is 0 Å². The second-order valence-corrected chi connectivity index (χ2v) is 9.14. The van der Waals surface area contributed by atoms with Gasteiger partial charge in [-0.2, -0.15) is 0 Å². The molecule has 4 rings (SSSR count). The molecule has 1 saturated carbocycles. The summed E-state index contributed by atoms with van der Waals surface area (Å²) in [7, 11) is 0. The van der Waals surface area contributed by atoms with Crippen molar-refractivity contribution in [1.29, 1.82) is 0 Å². The molecule has 0 aliphatic heterocycles. The van der Waals surface area contributed by atoms with Crippen LogP contribution in [0.25, 0.3) is 11.1 Å². The third-order valence-corrected chi connectivity index (χ3v) is 7.02. The van der Waals surface area contributed by atoms with E-state index in [0.717, 1.165) is 43.4 Å². The van der Waals surface area contributed by atoms with E-state index < -0.39 is 22.5 Å². The number of rotatable bonds is 5. The third kappa shape index (κ3) is 4.98. The molecular formula is C27H26ClF3. The van der Waals surface area contributed by atoms with E-state index in [-0.39, 0.29) is 11.1 Å². The zero-order valence-electron chi connectivity index (χ0n) is 17.6. The molecule has 0 N–H and O–H groups in total. The molecule has 1 aliphatic rings. The fraction of sp³-hybridized carbons (Fsp3) is 0.333. The summed E-state index contributed by atoms with van der Waals surface area (Å²) in [5.74, 6) is -0.675. The summed E-state index contributed by atoms with van der Waals surface area (Å²) in [6, 6.07) is 17.8. The van der Waals surface area contributed by atoms with Crippen molar-refractivity contribution in [3.8, 4) is 11.1 Å². The van der Waals surface area contributed by atoms with E-state index in [1.54, 1.807) is 6.07 Å². The maximum Gasteiger partial charge on any atom is 0.145 e. The van der Waals surface area contributed by atoms with E-state index in [1.807, 2.05) is 12.1 Å². The Balaban J connectivity index is 1.41. The zero-order chi connectivity index (χ0) is 22.0. The minimum Gasteiger partial charge on any atom is -0.206 e. The molecule has 0 aromatic heterocycles. The summed E-state index contributed by atoms with van der Waals surface area (Å²) in [6.07, 6.45) is 5.53. The first kappa shape index (κ1) is 22.0. The van der Waals surface area contributed by atoms with E-state index in [4.69, 9.17) is 11.6 Å². The minimum atomic E-state index is -0.886. The molecule has 3 aromatic carbocycles. The third-order valence-electron chi connectivity index (χ3n) is 6.66.